The molecule has 0 saturated carbocycles. The molecule has 1 fully saturated rings. The summed E-state index contributed by atoms with van der Waals surface area (Å²) < 4.78 is 7.62. The van der Waals surface area contributed by atoms with E-state index in [1.165, 1.54) is 5.56 Å². The Morgan fingerprint density at radius 1 is 1.00 bits per heavy atom. The van der Waals surface area contributed by atoms with Crippen molar-refractivity contribution in [2.45, 2.75) is 44.9 Å². The molecule has 1 aromatic heterocycles. The first-order valence-electron chi connectivity index (χ1n) is 13.1. The van der Waals surface area contributed by atoms with Crippen LogP contribution in [0.2, 0.25) is 5.02 Å². The quantitative estimate of drug-likeness (QED) is 0.309. The highest BCUT2D eigenvalue weighted by Gasteiger charge is 2.27. The smallest absolute Gasteiger partial charge is 0.409 e. The van der Waals surface area contributed by atoms with Gasteiger partial charge in [0.25, 0.3) is 0 Å². The number of para-hydroxylation sites is 2. The van der Waals surface area contributed by atoms with E-state index >= 15 is 0 Å². The molecule has 0 unspecified atom stereocenters. The molecular formula is C30H33ClN4O3. The number of rotatable bonds is 8. The van der Waals surface area contributed by atoms with Gasteiger partial charge in [0, 0.05) is 43.3 Å². The van der Waals surface area contributed by atoms with Gasteiger partial charge in [-0.2, -0.15) is 0 Å². The number of H-pyrrole nitrogens is 1. The molecule has 0 radical (unpaired) electrons. The summed E-state index contributed by atoms with van der Waals surface area (Å²) in [5.74, 6) is 0. The number of imidazole rings is 1. The fourth-order valence-corrected chi connectivity index (χ4v) is 5.40. The SMILES string of the molecule is C[C@@H](COC(=O)N1CCC(n2c(=O)[nH]c3ccccc32)CC1)N(Cc1ccccc1)Cc1cccc(Cl)c1. The fourth-order valence-electron chi connectivity index (χ4n) is 5.19. The number of nitrogens with zero attached hydrogens (tertiary/aromatic N) is 3. The predicted molar refractivity (Wildman–Crippen MR) is 150 cm³/mol. The third-order valence-electron chi connectivity index (χ3n) is 7.29. The highest BCUT2D eigenvalue weighted by Crippen LogP contribution is 2.25. The van der Waals surface area contributed by atoms with Gasteiger partial charge in [0.2, 0.25) is 0 Å². The summed E-state index contributed by atoms with van der Waals surface area (Å²) in [5, 5.41) is 0.708. The minimum Gasteiger partial charge on any atom is -0.448 e. The molecule has 198 valence electrons. The van der Waals surface area contributed by atoms with E-state index in [0.717, 1.165) is 23.1 Å². The summed E-state index contributed by atoms with van der Waals surface area (Å²) in [7, 11) is 0. The molecule has 1 aliphatic rings. The predicted octanol–water partition coefficient (Wildman–Crippen LogP) is 5.85. The Morgan fingerprint density at radius 3 is 2.45 bits per heavy atom. The van der Waals surface area contributed by atoms with E-state index in [1.807, 2.05) is 65.2 Å². The molecule has 0 spiro atoms. The van der Waals surface area contributed by atoms with E-state index in [1.54, 1.807) is 4.90 Å². The fraction of sp³-hybridized carbons (Fsp3) is 0.333. The Hall–Kier alpha value is -3.55. The molecule has 1 atom stereocenters. The van der Waals surface area contributed by atoms with Crippen LogP contribution >= 0.6 is 11.6 Å². The lowest BCUT2D eigenvalue weighted by molar-refractivity contribution is 0.0567. The van der Waals surface area contributed by atoms with Gasteiger partial charge in [-0.05, 0) is 55.2 Å². The highest BCUT2D eigenvalue weighted by atomic mass is 35.5. The molecule has 1 saturated heterocycles. The zero-order chi connectivity index (χ0) is 26.5. The van der Waals surface area contributed by atoms with Crippen LogP contribution in [-0.2, 0) is 17.8 Å². The number of ether oxygens (including phenoxy) is 1. The number of hydrogen-bond donors (Lipinski definition) is 1. The number of likely N-dealkylation sites (tertiary alicyclic amines) is 1. The molecule has 38 heavy (non-hydrogen) atoms. The molecule has 7 nitrogen and oxygen atoms in total. The second kappa shape index (κ2) is 11.9. The summed E-state index contributed by atoms with van der Waals surface area (Å²) in [4.78, 5) is 32.5. The molecule has 1 aliphatic heterocycles. The van der Waals surface area contributed by atoms with Gasteiger partial charge >= 0.3 is 11.8 Å². The monoisotopic (exact) mass is 532 g/mol. The summed E-state index contributed by atoms with van der Waals surface area (Å²) in [6.45, 7) is 4.90. The lowest BCUT2D eigenvalue weighted by atomic mass is 10.0. The largest absolute Gasteiger partial charge is 0.448 e. The number of benzene rings is 3. The van der Waals surface area contributed by atoms with Crippen molar-refractivity contribution in [3.63, 3.8) is 0 Å². The lowest BCUT2D eigenvalue weighted by Crippen LogP contribution is -2.42. The third-order valence-corrected chi connectivity index (χ3v) is 7.52. The number of piperidine rings is 1. The Labute approximate surface area is 227 Å². The van der Waals surface area contributed by atoms with E-state index in [0.29, 0.717) is 37.5 Å². The molecule has 2 heterocycles. The van der Waals surface area contributed by atoms with Crippen LogP contribution in [0.4, 0.5) is 4.79 Å². The standard InChI is InChI=1S/C30H33ClN4O3/c1-22(34(19-23-8-3-2-4-9-23)20-24-10-7-11-25(31)18-24)21-38-30(37)33-16-14-26(15-17-33)35-28-13-6-5-12-27(28)32-29(35)36/h2-13,18,22,26H,14-17,19-21H2,1H3,(H,32,36)/t22-/m0/s1. The van der Waals surface area contributed by atoms with Gasteiger partial charge in [-0.1, -0.05) is 66.2 Å². The number of hydrogen-bond acceptors (Lipinski definition) is 4. The van der Waals surface area contributed by atoms with Crippen LogP contribution in [0.25, 0.3) is 11.0 Å². The summed E-state index contributed by atoms with van der Waals surface area (Å²) in [5.41, 5.74) is 3.96. The zero-order valence-electron chi connectivity index (χ0n) is 21.6. The van der Waals surface area contributed by atoms with Crippen LogP contribution in [0.1, 0.15) is 36.9 Å². The Morgan fingerprint density at radius 2 is 1.68 bits per heavy atom. The van der Waals surface area contributed by atoms with Crippen LogP contribution in [0.15, 0.2) is 83.7 Å². The van der Waals surface area contributed by atoms with Crippen LogP contribution in [-0.4, -0.2) is 51.2 Å². The molecule has 5 rings (SSSR count). The molecule has 3 aromatic carbocycles. The van der Waals surface area contributed by atoms with Gasteiger partial charge in [0.15, 0.2) is 0 Å². The van der Waals surface area contributed by atoms with Gasteiger partial charge in [0.1, 0.15) is 6.61 Å². The van der Waals surface area contributed by atoms with Crippen molar-refractivity contribution in [1.82, 2.24) is 19.4 Å². The van der Waals surface area contributed by atoms with Crippen LogP contribution in [0, 0.1) is 0 Å². The Balaban J connectivity index is 1.18. The molecule has 0 aliphatic carbocycles. The normalized spacial score (nSPS) is 15.2. The molecular weight excluding hydrogens is 500 g/mol. The number of carbonyl (C=O) groups is 1. The van der Waals surface area contributed by atoms with Crippen molar-refractivity contribution >= 4 is 28.7 Å². The van der Waals surface area contributed by atoms with E-state index in [4.69, 9.17) is 16.3 Å². The van der Waals surface area contributed by atoms with Crippen molar-refractivity contribution in [2.24, 2.45) is 0 Å². The van der Waals surface area contributed by atoms with Crippen LogP contribution < -0.4 is 5.69 Å². The number of halogens is 1. The van der Waals surface area contributed by atoms with Gasteiger partial charge in [-0.25, -0.2) is 9.59 Å². The van der Waals surface area contributed by atoms with E-state index in [9.17, 15) is 9.59 Å². The topological polar surface area (TPSA) is 70.6 Å². The average molecular weight is 533 g/mol. The first-order valence-corrected chi connectivity index (χ1v) is 13.5. The van der Waals surface area contributed by atoms with Gasteiger partial charge in [0.05, 0.1) is 11.0 Å². The van der Waals surface area contributed by atoms with Gasteiger partial charge in [-0.15, -0.1) is 0 Å². The Bertz CT molecular complexity index is 1430. The van der Waals surface area contributed by atoms with Crippen molar-refractivity contribution in [3.05, 3.63) is 105 Å². The number of fused-ring (bicyclic) bond motifs is 1. The maximum Gasteiger partial charge on any atom is 0.409 e. The maximum atomic E-state index is 13.0. The number of carbonyl (C=O) groups excluding carboxylic acids is 1. The molecule has 1 amide bonds. The molecule has 4 aromatic rings. The second-order valence-electron chi connectivity index (χ2n) is 9.98. The average Bonchev–Trinajstić information content (AvgIpc) is 3.27. The van der Waals surface area contributed by atoms with Crippen LogP contribution in [0.5, 0.6) is 0 Å². The summed E-state index contributed by atoms with van der Waals surface area (Å²) in [6.07, 6.45) is 1.12. The van der Waals surface area contributed by atoms with Crippen molar-refractivity contribution in [3.8, 4) is 0 Å². The third kappa shape index (κ3) is 6.11. The lowest BCUT2D eigenvalue weighted by Gasteiger charge is -2.33. The summed E-state index contributed by atoms with van der Waals surface area (Å²) >= 11 is 6.22. The van der Waals surface area contributed by atoms with E-state index in [-0.39, 0.29) is 30.5 Å². The molecule has 0 bridgehead atoms. The van der Waals surface area contributed by atoms with Crippen molar-refractivity contribution in [1.29, 1.82) is 0 Å². The number of aromatic amines is 1. The van der Waals surface area contributed by atoms with E-state index in [2.05, 4.69) is 35.0 Å². The number of aromatic nitrogens is 2. The number of amides is 1. The molecule has 1 N–H and O–H groups in total. The highest BCUT2D eigenvalue weighted by molar-refractivity contribution is 6.30. The van der Waals surface area contributed by atoms with Crippen molar-refractivity contribution in [2.75, 3.05) is 19.7 Å². The Kier molecular flexibility index (Phi) is 8.15. The zero-order valence-corrected chi connectivity index (χ0v) is 22.3. The minimum atomic E-state index is -0.302. The first-order chi connectivity index (χ1) is 18.5. The first kappa shape index (κ1) is 26.1. The van der Waals surface area contributed by atoms with Crippen LogP contribution in [0.3, 0.4) is 0 Å². The van der Waals surface area contributed by atoms with E-state index < -0.39 is 0 Å². The second-order valence-corrected chi connectivity index (χ2v) is 10.4. The summed E-state index contributed by atoms with van der Waals surface area (Å²) in [6, 6.07) is 25.9. The van der Waals surface area contributed by atoms with Gasteiger partial charge < -0.3 is 14.6 Å². The maximum absolute atomic E-state index is 13.0. The van der Waals surface area contributed by atoms with Gasteiger partial charge in [-0.3, -0.25) is 9.47 Å². The number of nitrogens with one attached hydrogen (secondary N) is 1. The van der Waals surface area contributed by atoms with Crippen molar-refractivity contribution < 1.29 is 9.53 Å². The molecule has 8 heteroatoms. The minimum absolute atomic E-state index is 0.000439.